The molecule has 0 radical (unpaired) electrons. The van der Waals surface area contributed by atoms with Crippen molar-refractivity contribution in [2.45, 2.75) is 12.1 Å². The summed E-state index contributed by atoms with van der Waals surface area (Å²) in [5.41, 5.74) is -0.676. The van der Waals surface area contributed by atoms with Gasteiger partial charge in [0.25, 0.3) is 0 Å². The highest BCUT2D eigenvalue weighted by Gasteiger charge is 2.28. The number of carbonyl (C=O) groups is 2. The van der Waals surface area contributed by atoms with Gasteiger partial charge in [0.05, 0.1) is 10.6 Å². The number of carboxylic acid groups (broad SMARTS) is 2. The van der Waals surface area contributed by atoms with E-state index in [1.54, 1.807) is 0 Å². The molecule has 10 N–H and O–H groups in total. The molecule has 0 saturated heterocycles. The van der Waals surface area contributed by atoms with Crippen LogP contribution in [0.4, 0.5) is 0 Å². The molecule has 2 unspecified atom stereocenters. The third-order valence-electron chi connectivity index (χ3n) is 4.63. The SMILES string of the molecule is O=C(O)C(NCCNC(C(=O)O)c1cc(P(=O)(O)O)ccc1O)c1cc(P(=O)(O)O)ccc1O. The van der Waals surface area contributed by atoms with Crippen molar-refractivity contribution in [1.82, 2.24) is 10.6 Å². The second-order valence-electron chi connectivity index (χ2n) is 7.03. The summed E-state index contributed by atoms with van der Waals surface area (Å²) >= 11 is 0. The quantitative estimate of drug-likeness (QED) is 0.124. The molecule has 0 bridgehead atoms. The Bertz CT molecular complexity index is 1080. The molecule has 2 aromatic rings. The Kier molecular flexibility index (Phi) is 8.59. The maximum absolute atomic E-state index is 11.7. The lowest BCUT2D eigenvalue weighted by Crippen LogP contribution is -2.37. The molecule has 0 fully saturated rings. The molecule has 34 heavy (non-hydrogen) atoms. The fourth-order valence-electron chi connectivity index (χ4n) is 3.00. The fourth-order valence-corrected chi connectivity index (χ4v) is 4.15. The normalized spacial score (nSPS) is 13.9. The third kappa shape index (κ3) is 6.86. The number of hydrogen-bond donors (Lipinski definition) is 10. The van der Waals surface area contributed by atoms with Gasteiger partial charge < -0.3 is 40.0 Å². The molecule has 2 rings (SSSR count). The second-order valence-corrected chi connectivity index (χ2v) is 10.2. The molecule has 0 heterocycles. The van der Waals surface area contributed by atoms with E-state index in [2.05, 4.69) is 10.6 Å². The van der Waals surface area contributed by atoms with Crippen molar-refractivity contribution in [3.63, 3.8) is 0 Å². The molecule has 0 aliphatic carbocycles. The molecule has 0 aromatic heterocycles. The van der Waals surface area contributed by atoms with Crippen molar-refractivity contribution in [2.24, 2.45) is 0 Å². The number of aromatic hydroxyl groups is 2. The van der Waals surface area contributed by atoms with E-state index in [1.807, 2.05) is 0 Å². The number of rotatable bonds is 11. The van der Waals surface area contributed by atoms with Crippen molar-refractivity contribution < 1.29 is 58.7 Å². The minimum Gasteiger partial charge on any atom is -0.508 e. The lowest BCUT2D eigenvalue weighted by atomic mass is 10.1. The summed E-state index contributed by atoms with van der Waals surface area (Å²) in [7, 11) is -9.47. The first-order valence-electron chi connectivity index (χ1n) is 9.33. The summed E-state index contributed by atoms with van der Waals surface area (Å²) in [6.45, 7) is -0.474. The molecular formula is C18H22N2O12P2. The maximum atomic E-state index is 11.7. The van der Waals surface area contributed by atoms with Gasteiger partial charge in [-0.05, 0) is 36.4 Å². The number of benzene rings is 2. The molecule has 0 aliphatic heterocycles. The van der Waals surface area contributed by atoms with Crippen LogP contribution in [-0.2, 0) is 18.7 Å². The van der Waals surface area contributed by atoms with Gasteiger partial charge in [-0.1, -0.05) is 0 Å². The first-order chi connectivity index (χ1) is 15.6. The summed E-state index contributed by atoms with van der Waals surface area (Å²) in [6.07, 6.45) is 0. The van der Waals surface area contributed by atoms with Crippen LogP contribution in [0.1, 0.15) is 23.2 Å². The van der Waals surface area contributed by atoms with Crippen molar-refractivity contribution >= 4 is 37.7 Å². The van der Waals surface area contributed by atoms with Crippen LogP contribution in [0.5, 0.6) is 11.5 Å². The van der Waals surface area contributed by atoms with E-state index >= 15 is 0 Å². The van der Waals surface area contributed by atoms with E-state index in [9.17, 15) is 58.7 Å². The standard InChI is InChI=1S/C18H22N2O12P2/c21-13-3-1-9(33(27,28)29)7-11(13)15(17(23)24)19-5-6-20-16(18(25)26)12-8-10(34(30,31)32)2-4-14(12)22/h1-4,7-8,15-16,19-22H,5-6H2,(H,23,24)(H,25,26)(H2,27,28,29)(H2,30,31,32). The number of phenolic OH excluding ortho intramolecular Hbond substituents is 2. The van der Waals surface area contributed by atoms with Gasteiger partial charge in [-0.2, -0.15) is 0 Å². The average Bonchev–Trinajstić information content (AvgIpc) is 2.70. The van der Waals surface area contributed by atoms with Gasteiger partial charge in [0.15, 0.2) is 0 Å². The van der Waals surface area contributed by atoms with Crippen LogP contribution in [-0.4, -0.2) is 65.0 Å². The molecule has 14 nitrogen and oxygen atoms in total. The van der Waals surface area contributed by atoms with Crippen LogP contribution < -0.4 is 21.2 Å². The van der Waals surface area contributed by atoms with E-state index in [4.69, 9.17) is 0 Å². The Labute approximate surface area is 191 Å². The van der Waals surface area contributed by atoms with E-state index in [1.165, 1.54) is 0 Å². The minimum atomic E-state index is -4.73. The summed E-state index contributed by atoms with van der Waals surface area (Å²) in [5.74, 6) is -4.10. The lowest BCUT2D eigenvalue weighted by molar-refractivity contribution is -0.141. The van der Waals surface area contributed by atoms with Crippen LogP contribution in [0.2, 0.25) is 0 Å². The average molecular weight is 520 g/mol. The molecule has 0 saturated carbocycles. The van der Waals surface area contributed by atoms with E-state index in [0.29, 0.717) is 0 Å². The Morgan fingerprint density at radius 2 is 1.03 bits per heavy atom. The topological polar surface area (TPSA) is 254 Å². The predicted octanol–water partition coefficient (Wildman–Crippen LogP) is -1.17. The summed E-state index contributed by atoms with van der Waals surface area (Å²) in [4.78, 5) is 60.4. The predicted molar refractivity (Wildman–Crippen MR) is 116 cm³/mol. The maximum Gasteiger partial charge on any atom is 0.356 e. The van der Waals surface area contributed by atoms with E-state index in [-0.39, 0.29) is 24.2 Å². The van der Waals surface area contributed by atoms with E-state index in [0.717, 1.165) is 36.4 Å². The van der Waals surface area contributed by atoms with Gasteiger partial charge in [-0.3, -0.25) is 29.4 Å². The van der Waals surface area contributed by atoms with Crippen molar-refractivity contribution in [3.05, 3.63) is 47.5 Å². The molecule has 16 heteroatoms. The number of phenols is 2. The van der Waals surface area contributed by atoms with Crippen molar-refractivity contribution in [3.8, 4) is 11.5 Å². The van der Waals surface area contributed by atoms with Crippen molar-refractivity contribution in [2.75, 3.05) is 13.1 Å². The first kappa shape index (κ1) is 27.4. The molecule has 2 aromatic carbocycles. The highest BCUT2D eigenvalue weighted by Crippen LogP contribution is 2.37. The molecule has 0 aliphatic rings. The molecule has 0 amide bonds. The number of hydrogen-bond acceptors (Lipinski definition) is 8. The van der Waals surface area contributed by atoms with E-state index < -0.39 is 61.3 Å². The zero-order valence-corrected chi connectivity index (χ0v) is 18.9. The highest BCUT2D eigenvalue weighted by molar-refractivity contribution is 7.60. The molecule has 0 spiro atoms. The smallest absolute Gasteiger partial charge is 0.356 e. The zero-order valence-electron chi connectivity index (χ0n) is 17.1. The summed E-state index contributed by atoms with van der Waals surface area (Å²) < 4.78 is 22.9. The van der Waals surface area contributed by atoms with Crippen LogP contribution in [0, 0.1) is 0 Å². The van der Waals surface area contributed by atoms with Gasteiger partial charge >= 0.3 is 27.1 Å². The minimum absolute atomic E-state index is 0.237. The van der Waals surface area contributed by atoms with Crippen LogP contribution in [0.15, 0.2) is 36.4 Å². The summed E-state index contributed by atoms with van der Waals surface area (Å²) in [5, 5.41) is 42.8. The Balaban J connectivity index is 2.19. The number of aliphatic carboxylic acids is 2. The van der Waals surface area contributed by atoms with Gasteiger partial charge in [0.2, 0.25) is 0 Å². The van der Waals surface area contributed by atoms with Gasteiger partial charge in [-0.15, -0.1) is 0 Å². The monoisotopic (exact) mass is 520 g/mol. The molecule has 2 atom stereocenters. The highest BCUT2D eigenvalue weighted by atomic mass is 31.2. The fraction of sp³-hybridized carbons (Fsp3) is 0.222. The zero-order chi connectivity index (χ0) is 25.8. The third-order valence-corrected chi connectivity index (χ3v) is 6.53. The van der Waals surface area contributed by atoms with Gasteiger partial charge in [0.1, 0.15) is 23.6 Å². The summed E-state index contributed by atoms with van der Waals surface area (Å²) in [6, 6.07) is 2.16. The number of carboxylic acids is 2. The molecule has 186 valence electrons. The van der Waals surface area contributed by atoms with Crippen LogP contribution in [0.3, 0.4) is 0 Å². The van der Waals surface area contributed by atoms with Crippen LogP contribution in [0.25, 0.3) is 0 Å². The van der Waals surface area contributed by atoms with Crippen LogP contribution >= 0.6 is 15.2 Å². The van der Waals surface area contributed by atoms with Gasteiger partial charge in [0, 0.05) is 24.2 Å². The lowest BCUT2D eigenvalue weighted by Gasteiger charge is -2.20. The molecular weight excluding hydrogens is 498 g/mol. The van der Waals surface area contributed by atoms with Crippen molar-refractivity contribution in [1.29, 1.82) is 0 Å². The van der Waals surface area contributed by atoms with Gasteiger partial charge in [-0.25, -0.2) is 0 Å². The number of nitrogens with one attached hydrogen (secondary N) is 2. The second kappa shape index (κ2) is 10.6. The Morgan fingerprint density at radius 1 is 0.706 bits per heavy atom. The Hall–Kier alpha value is -2.80. The first-order valence-corrected chi connectivity index (χ1v) is 12.6. The largest absolute Gasteiger partial charge is 0.508 e. The Morgan fingerprint density at radius 3 is 1.29 bits per heavy atom.